The number of carbonyl (C=O) groups is 1. The van der Waals surface area contributed by atoms with Crippen LogP contribution in [0.2, 0.25) is 0 Å². The molecule has 2 aromatic rings. The van der Waals surface area contributed by atoms with Gasteiger partial charge in [0.1, 0.15) is 10.6 Å². The number of sulfonamides is 1. The number of likely N-dealkylation sites (tertiary alicyclic amines) is 1. The van der Waals surface area contributed by atoms with Gasteiger partial charge in [0.15, 0.2) is 10.9 Å². The molecule has 0 aliphatic carbocycles. The van der Waals surface area contributed by atoms with Crippen LogP contribution in [0.1, 0.15) is 49.3 Å². The standard InChI is InChI=1S/C20H29N5O4S2/c1-14-18(15(2)29-23-14)31(27,28)25-10-6-7-16(11-25)19(26)22-20-21-17(13-30-20)12-24-8-4-3-5-9-24/h13,16H,3-12H2,1-2H3,(H,21,22,26). The molecule has 1 amide bonds. The molecule has 4 rings (SSSR count). The number of nitrogens with zero attached hydrogens (tertiary/aromatic N) is 4. The largest absolute Gasteiger partial charge is 0.360 e. The second-order valence-electron chi connectivity index (χ2n) is 8.33. The first-order valence-electron chi connectivity index (χ1n) is 10.8. The average molecular weight is 468 g/mol. The van der Waals surface area contributed by atoms with Crippen LogP contribution in [-0.4, -0.2) is 59.8 Å². The molecule has 4 heterocycles. The van der Waals surface area contributed by atoms with Gasteiger partial charge in [0.25, 0.3) is 0 Å². The van der Waals surface area contributed by atoms with Crippen LogP contribution in [0.25, 0.3) is 0 Å². The van der Waals surface area contributed by atoms with Crippen LogP contribution in [0.3, 0.4) is 0 Å². The number of hydrogen-bond donors (Lipinski definition) is 1. The number of anilines is 1. The summed E-state index contributed by atoms with van der Waals surface area (Å²) in [5, 5.41) is 9.21. The number of amides is 1. The Bertz CT molecular complexity index is 1010. The van der Waals surface area contributed by atoms with Crippen LogP contribution in [0.15, 0.2) is 14.8 Å². The van der Waals surface area contributed by atoms with E-state index in [4.69, 9.17) is 4.52 Å². The summed E-state index contributed by atoms with van der Waals surface area (Å²) >= 11 is 1.42. The number of rotatable bonds is 6. The van der Waals surface area contributed by atoms with Crippen LogP contribution in [0.5, 0.6) is 0 Å². The van der Waals surface area contributed by atoms with Gasteiger partial charge in [-0.05, 0) is 52.6 Å². The van der Waals surface area contributed by atoms with Gasteiger partial charge in [-0.3, -0.25) is 9.69 Å². The molecule has 1 unspecified atom stereocenters. The average Bonchev–Trinajstić information content (AvgIpc) is 3.34. The fraction of sp³-hybridized carbons (Fsp3) is 0.650. The van der Waals surface area contributed by atoms with Gasteiger partial charge in [-0.1, -0.05) is 11.6 Å². The van der Waals surface area contributed by atoms with Gasteiger partial charge in [-0.2, -0.15) is 4.31 Å². The molecule has 31 heavy (non-hydrogen) atoms. The van der Waals surface area contributed by atoms with Crippen molar-refractivity contribution in [2.75, 3.05) is 31.5 Å². The number of carbonyl (C=O) groups excluding carboxylic acids is 1. The van der Waals surface area contributed by atoms with E-state index < -0.39 is 15.9 Å². The molecule has 0 bridgehead atoms. The summed E-state index contributed by atoms with van der Waals surface area (Å²) in [6.07, 6.45) is 5.01. The molecule has 2 saturated heterocycles. The minimum absolute atomic E-state index is 0.107. The van der Waals surface area contributed by atoms with E-state index in [9.17, 15) is 13.2 Å². The molecule has 2 aliphatic rings. The van der Waals surface area contributed by atoms with Gasteiger partial charge >= 0.3 is 0 Å². The summed E-state index contributed by atoms with van der Waals surface area (Å²) in [6, 6.07) is 0. The number of aryl methyl sites for hydroxylation is 2. The van der Waals surface area contributed by atoms with E-state index >= 15 is 0 Å². The lowest BCUT2D eigenvalue weighted by Gasteiger charge is -2.30. The summed E-state index contributed by atoms with van der Waals surface area (Å²) in [5.41, 5.74) is 1.31. The molecule has 0 aromatic carbocycles. The molecule has 11 heteroatoms. The molecule has 2 fully saturated rings. The number of nitrogens with one attached hydrogen (secondary N) is 1. The normalized spacial score (nSPS) is 21.3. The summed E-state index contributed by atoms with van der Waals surface area (Å²) in [6.45, 7) is 6.72. The highest BCUT2D eigenvalue weighted by molar-refractivity contribution is 7.89. The van der Waals surface area contributed by atoms with Crippen molar-refractivity contribution in [3.8, 4) is 0 Å². The van der Waals surface area contributed by atoms with E-state index in [2.05, 4.69) is 20.4 Å². The molecule has 0 spiro atoms. The van der Waals surface area contributed by atoms with Crippen molar-refractivity contribution in [1.29, 1.82) is 0 Å². The third-order valence-corrected chi connectivity index (χ3v) is 8.85. The van der Waals surface area contributed by atoms with E-state index in [1.165, 1.54) is 34.9 Å². The minimum Gasteiger partial charge on any atom is -0.360 e. The first kappa shape index (κ1) is 22.4. The highest BCUT2D eigenvalue weighted by Gasteiger charge is 2.36. The Kier molecular flexibility index (Phi) is 6.75. The van der Waals surface area contributed by atoms with Crippen molar-refractivity contribution in [2.24, 2.45) is 5.92 Å². The number of aromatic nitrogens is 2. The van der Waals surface area contributed by atoms with Crippen LogP contribution < -0.4 is 5.32 Å². The van der Waals surface area contributed by atoms with Crippen molar-refractivity contribution < 1.29 is 17.7 Å². The Morgan fingerprint density at radius 3 is 2.71 bits per heavy atom. The zero-order valence-electron chi connectivity index (χ0n) is 18.0. The molecular formula is C20H29N5O4S2. The summed E-state index contributed by atoms with van der Waals surface area (Å²) in [4.78, 5) is 19.9. The quantitative estimate of drug-likeness (QED) is 0.696. The molecule has 1 atom stereocenters. The summed E-state index contributed by atoms with van der Waals surface area (Å²) < 4.78 is 32.6. The fourth-order valence-electron chi connectivity index (χ4n) is 4.34. The van der Waals surface area contributed by atoms with Crippen LogP contribution in [0, 0.1) is 19.8 Å². The van der Waals surface area contributed by atoms with Crippen molar-refractivity contribution in [2.45, 2.75) is 57.4 Å². The Labute approximate surface area is 186 Å². The van der Waals surface area contributed by atoms with Crippen LogP contribution >= 0.6 is 11.3 Å². The third kappa shape index (κ3) is 5.00. The Hall–Kier alpha value is -1.82. The van der Waals surface area contributed by atoms with Gasteiger partial charge in [-0.25, -0.2) is 13.4 Å². The zero-order valence-corrected chi connectivity index (χ0v) is 19.6. The number of piperidine rings is 2. The zero-order chi connectivity index (χ0) is 22.0. The van der Waals surface area contributed by atoms with Crippen molar-refractivity contribution in [1.82, 2.24) is 19.3 Å². The monoisotopic (exact) mass is 467 g/mol. The molecular weight excluding hydrogens is 438 g/mol. The van der Waals surface area contributed by atoms with Gasteiger partial charge in [0, 0.05) is 25.0 Å². The predicted molar refractivity (Wildman–Crippen MR) is 117 cm³/mol. The first-order chi connectivity index (χ1) is 14.8. The summed E-state index contributed by atoms with van der Waals surface area (Å²) in [5.74, 6) is -0.330. The fourth-order valence-corrected chi connectivity index (χ4v) is 6.86. The lowest BCUT2D eigenvalue weighted by Crippen LogP contribution is -2.43. The summed E-state index contributed by atoms with van der Waals surface area (Å²) in [7, 11) is -3.75. The maximum atomic E-state index is 13.1. The van der Waals surface area contributed by atoms with Gasteiger partial charge in [-0.15, -0.1) is 11.3 Å². The predicted octanol–water partition coefficient (Wildman–Crippen LogP) is 2.77. The second-order valence-corrected chi connectivity index (χ2v) is 11.1. The topological polar surface area (TPSA) is 109 Å². The lowest BCUT2D eigenvalue weighted by atomic mass is 9.99. The Morgan fingerprint density at radius 1 is 1.23 bits per heavy atom. The Morgan fingerprint density at radius 2 is 2.00 bits per heavy atom. The molecule has 0 radical (unpaired) electrons. The third-order valence-electron chi connectivity index (χ3n) is 5.94. The number of hydrogen-bond acceptors (Lipinski definition) is 8. The molecule has 9 nitrogen and oxygen atoms in total. The molecule has 0 saturated carbocycles. The van der Waals surface area contributed by atoms with E-state index in [0.717, 1.165) is 25.3 Å². The lowest BCUT2D eigenvalue weighted by molar-refractivity contribution is -0.120. The smallest absolute Gasteiger partial charge is 0.248 e. The van der Waals surface area contributed by atoms with Gasteiger partial charge in [0.2, 0.25) is 15.9 Å². The molecule has 2 aliphatic heterocycles. The Balaban J connectivity index is 1.38. The van der Waals surface area contributed by atoms with Crippen molar-refractivity contribution >= 4 is 32.4 Å². The molecule has 1 N–H and O–H groups in total. The SMILES string of the molecule is Cc1noc(C)c1S(=O)(=O)N1CCCC(C(=O)Nc2nc(CN3CCCCC3)cs2)C1. The van der Waals surface area contributed by atoms with Gasteiger partial charge in [0.05, 0.1) is 11.6 Å². The van der Waals surface area contributed by atoms with Gasteiger partial charge < -0.3 is 9.84 Å². The minimum atomic E-state index is -3.75. The molecule has 170 valence electrons. The first-order valence-corrected chi connectivity index (χ1v) is 13.1. The van der Waals surface area contributed by atoms with E-state index in [1.807, 2.05) is 5.38 Å². The highest BCUT2D eigenvalue weighted by Crippen LogP contribution is 2.28. The maximum absolute atomic E-state index is 13.1. The van der Waals surface area contributed by atoms with E-state index in [0.29, 0.717) is 30.2 Å². The maximum Gasteiger partial charge on any atom is 0.248 e. The highest BCUT2D eigenvalue weighted by atomic mass is 32.2. The van der Waals surface area contributed by atoms with Crippen molar-refractivity contribution in [3.63, 3.8) is 0 Å². The second kappa shape index (κ2) is 9.35. The van der Waals surface area contributed by atoms with Crippen LogP contribution in [-0.2, 0) is 21.4 Å². The van der Waals surface area contributed by atoms with E-state index in [1.54, 1.807) is 13.8 Å². The van der Waals surface area contributed by atoms with Crippen molar-refractivity contribution in [3.05, 3.63) is 22.5 Å². The molecule has 2 aromatic heterocycles. The van der Waals surface area contributed by atoms with Crippen LogP contribution in [0.4, 0.5) is 5.13 Å². The van der Waals surface area contributed by atoms with E-state index in [-0.39, 0.29) is 23.1 Å². The number of thiazole rings is 1.